The van der Waals surface area contributed by atoms with E-state index in [9.17, 15) is 0 Å². The van der Waals surface area contributed by atoms with Gasteiger partial charge in [-0.3, -0.25) is 0 Å². The van der Waals surface area contributed by atoms with Gasteiger partial charge in [-0.15, -0.1) is 6.58 Å². The van der Waals surface area contributed by atoms with Crippen LogP contribution in [0, 0.1) is 0 Å². The van der Waals surface area contributed by atoms with Crippen molar-refractivity contribution in [3.05, 3.63) is 84.4 Å². The molecular weight excluding hydrogens is 464 g/mol. The Labute approximate surface area is 220 Å². The molecule has 3 rings (SSSR count). The van der Waals surface area contributed by atoms with E-state index in [4.69, 9.17) is 18.6 Å². The quantitative estimate of drug-likeness (QED) is 0.193. The van der Waals surface area contributed by atoms with Gasteiger partial charge in [-0.05, 0) is 34.2 Å². The highest BCUT2D eigenvalue weighted by molar-refractivity contribution is 6.77. The van der Waals surface area contributed by atoms with Gasteiger partial charge in [-0.2, -0.15) is 0 Å². The third-order valence-corrected chi connectivity index (χ3v) is 13.8. The van der Waals surface area contributed by atoms with Crippen LogP contribution in [0.3, 0.4) is 0 Å². The van der Waals surface area contributed by atoms with Crippen molar-refractivity contribution in [2.75, 3.05) is 13.2 Å². The summed E-state index contributed by atoms with van der Waals surface area (Å²) in [7, 11) is -2.09. The van der Waals surface area contributed by atoms with Crippen molar-refractivity contribution in [1.29, 1.82) is 0 Å². The molecule has 1 aliphatic rings. The maximum Gasteiger partial charge on any atom is 0.200 e. The molecule has 0 unspecified atom stereocenters. The summed E-state index contributed by atoms with van der Waals surface area (Å²) < 4.78 is 26.8. The van der Waals surface area contributed by atoms with E-state index in [-0.39, 0.29) is 12.2 Å². The first-order valence-electron chi connectivity index (χ1n) is 13.4. The van der Waals surface area contributed by atoms with Crippen LogP contribution in [0.5, 0.6) is 0 Å². The van der Waals surface area contributed by atoms with Gasteiger partial charge < -0.3 is 18.6 Å². The number of ether oxygens (including phenoxy) is 3. The summed E-state index contributed by atoms with van der Waals surface area (Å²) in [4.78, 5) is 0. The molecule has 5 heteroatoms. The van der Waals surface area contributed by atoms with E-state index in [1.807, 2.05) is 42.5 Å². The predicted molar refractivity (Wildman–Crippen MR) is 151 cm³/mol. The van der Waals surface area contributed by atoms with Crippen molar-refractivity contribution < 1.29 is 18.6 Å². The Bertz CT molecular complexity index is 893. The lowest BCUT2D eigenvalue weighted by Gasteiger charge is -2.45. The molecule has 0 N–H and O–H groups in total. The van der Waals surface area contributed by atoms with Crippen LogP contribution in [0.25, 0.3) is 0 Å². The molecule has 36 heavy (non-hydrogen) atoms. The average molecular weight is 511 g/mol. The minimum atomic E-state index is -2.09. The van der Waals surface area contributed by atoms with Gasteiger partial charge in [0, 0.05) is 0 Å². The van der Waals surface area contributed by atoms with E-state index in [0.717, 1.165) is 11.1 Å². The van der Waals surface area contributed by atoms with Gasteiger partial charge in [0.25, 0.3) is 0 Å². The summed E-state index contributed by atoms with van der Waals surface area (Å²) in [5.74, 6) is 0. The van der Waals surface area contributed by atoms with Crippen molar-refractivity contribution >= 4 is 8.32 Å². The van der Waals surface area contributed by atoms with E-state index in [2.05, 4.69) is 72.4 Å². The number of benzene rings is 2. The van der Waals surface area contributed by atoms with Gasteiger partial charge >= 0.3 is 0 Å². The van der Waals surface area contributed by atoms with Crippen molar-refractivity contribution in [3.63, 3.8) is 0 Å². The molecule has 0 spiro atoms. The molecule has 1 aliphatic heterocycles. The second-order valence-corrected chi connectivity index (χ2v) is 16.5. The van der Waals surface area contributed by atoms with Crippen LogP contribution in [-0.4, -0.2) is 39.3 Å². The lowest BCUT2D eigenvalue weighted by atomic mass is 9.92. The fraction of sp³-hybridized carbons (Fsp3) is 0.548. The summed E-state index contributed by atoms with van der Waals surface area (Å²) in [5, 5.41) is 0. The highest BCUT2D eigenvalue weighted by Crippen LogP contribution is 2.44. The van der Waals surface area contributed by atoms with Crippen LogP contribution < -0.4 is 0 Å². The molecule has 0 radical (unpaired) electrons. The normalized spacial score (nSPS) is 22.6. The van der Waals surface area contributed by atoms with Crippen molar-refractivity contribution in [1.82, 2.24) is 0 Å². The predicted octanol–water partition coefficient (Wildman–Crippen LogP) is 7.69. The average Bonchev–Trinajstić information content (AvgIpc) is 3.19. The molecule has 0 saturated carbocycles. The summed E-state index contributed by atoms with van der Waals surface area (Å²) in [6, 6.07) is 20.6. The maximum absolute atomic E-state index is 7.08. The van der Waals surface area contributed by atoms with Gasteiger partial charge in [-0.1, -0.05) is 108 Å². The Morgan fingerprint density at radius 1 is 0.861 bits per heavy atom. The zero-order chi connectivity index (χ0) is 26.2. The second-order valence-electron chi connectivity index (χ2n) is 11.0. The van der Waals surface area contributed by atoms with Gasteiger partial charge in [0.2, 0.25) is 0 Å². The Balaban J connectivity index is 1.87. The van der Waals surface area contributed by atoms with Crippen LogP contribution in [0.4, 0.5) is 0 Å². The molecule has 2 aromatic carbocycles. The Morgan fingerprint density at radius 3 is 1.83 bits per heavy atom. The molecule has 4 nitrogen and oxygen atoms in total. The van der Waals surface area contributed by atoms with Crippen LogP contribution in [0.2, 0.25) is 16.6 Å². The second kappa shape index (κ2) is 13.2. The lowest BCUT2D eigenvalue weighted by molar-refractivity contribution is -0.129. The SMILES string of the molecule is C=CC[C@@]1(CO[Si](C(C)C)(C(C)C)C(C)C)OC[C@@H](OCc2ccccc2)[C@@H]1OCc1ccccc1. The van der Waals surface area contributed by atoms with E-state index in [0.29, 0.717) is 49.5 Å². The number of hydrogen-bond acceptors (Lipinski definition) is 4. The van der Waals surface area contributed by atoms with Crippen LogP contribution in [-0.2, 0) is 31.9 Å². The molecule has 0 amide bonds. The van der Waals surface area contributed by atoms with E-state index >= 15 is 0 Å². The minimum Gasteiger partial charge on any atom is -0.413 e. The summed E-state index contributed by atoms with van der Waals surface area (Å²) >= 11 is 0. The highest BCUT2D eigenvalue weighted by Gasteiger charge is 2.54. The molecule has 1 saturated heterocycles. The smallest absolute Gasteiger partial charge is 0.200 e. The van der Waals surface area contributed by atoms with E-state index in [1.165, 1.54) is 0 Å². The van der Waals surface area contributed by atoms with Crippen LogP contribution in [0.15, 0.2) is 73.3 Å². The van der Waals surface area contributed by atoms with E-state index < -0.39 is 13.9 Å². The minimum absolute atomic E-state index is 0.189. The molecule has 1 fully saturated rings. The molecule has 0 aromatic heterocycles. The van der Waals surface area contributed by atoms with Gasteiger partial charge in [0.05, 0.1) is 26.4 Å². The zero-order valence-corrected chi connectivity index (χ0v) is 24.1. The molecule has 2 aromatic rings. The van der Waals surface area contributed by atoms with Crippen molar-refractivity contribution in [2.45, 2.75) is 95.6 Å². The Hall–Kier alpha value is -1.76. The first kappa shape index (κ1) is 28.8. The molecule has 0 aliphatic carbocycles. The molecular formula is C31H46O4Si. The lowest BCUT2D eigenvalue weighted by Crippen LogP contribution is -2.55. The maximum atomic E-state index is 7.08. The highest BCUT2D eigenvalue weighted by atomic mass is 28.4. The molecule has 3 atom stereocenters. The zero-order valence-electron chi connectivity index (χ0n) is 23.1. The Kier molecular flexibility index (Phi) is 10.5. The first-order chi connectivity index (χ1) is 17.2. The fourth-order valence-electron chi connectivity index (χ4n) is 6.04. The van der Waals surface area contributed by atoms with Crippen LogP contribution in [0.1, 0.15) is 59.1 Å². The van der Waals surface area contributed by atoms with Gasteiger partial charge in [-0.25, -0.2) is 0 Å². The van der Waals surface area contributed by atoms with Crippen molar-refractivity contribution in [3.8, 4) is 0 Å². The van der Waals surface area contributed by atoms with Gasteiger partial charge in [0.15, 0.2) is 8.32 Å². The third-order valence-electron chi connectivity index (χ3n) is 7.73. The first-order valence-corrected chi connectivity index (χ1v) is 15.6. The van der Waals surface area contributed by atoms with Gasteiger partial charge in [0.1, 0.15) is 17.8 Å². The fourth-order valence-corrected chi connectivity index (χ4v) is 11.5. The summed E-state index contributed by atoms with van der Waals surface area (Å²) in [6.45, 7) is 20.0. The largest absolute Gasteiger partial charge is 0.413 e. The van der Waals surface area contributed by atoms with Crippen LogP contribution >= 0.6 is 0 Å². The molecule has 198 valence electrons. The standard InChI is InChI=1S/C31H46O4Si/c1-8-19-31(23-35-36(24(2)3,25(4)5)26(6)7)30(33-21-28-17-13-10-14-18-28)29(22-34-31)32-20-27-15-11-9-12-16-27/h8-18,24-26,29-30H,1,19-23H2,2-7H3/t29-,30+,31+/m1/s1. The monoisotopic (exact) mass is 510 g/mol. The molecule has 0 bridgehead atoms. The number of rotatable bonds is 14. The third kappa shape index (κ3) is 6.56. The Morgan fingerprint density at radius 2 is 1.36 bits per heavy atom. The number of hydrogen-bond donors (Lipinski definition) is 0. The van der Waals surface area contributed by atoms with Crippen molar-refractivity contribution in [2.24, 2.45) is 0 Å². The summed E-state index contributed by atoms with van der Waals surface area (Å²) in [6.07, 6.45) is 2.13. The van der Waals surface area contributed by atoms with E-state index in [1.54, 1.807) is 0 Å². The summed E-state index contributed by atoms with van der Waals surface area (Å²) in [5.41, 5.74) is 3.13. The molecule has 1 heterocycles. The topological polar surface area (TPSA) is 36.9 Å².